The Morgan fingerprint density at radius 2 is 1.48 bits per heavy atom. The van der Waals surface area contributed by atoms with Crippen LogP contribution in [0.4, 0.5) is 0 Å². The van der Waals surface area contributed by atoms with Gasteiger partial charge in [0.15, 0.2) is 6.10 Å². The molecule has 1 rings (SSSR count). The fraction of sp³-hybridized carbons (Fsp3) is 0.833. The van der Waals surface area contributed by atoms with E-state index >= 15 is 0 Å². The Bertz CT molecular complexity index is 381. The summed E-state index contributed by atoms with van der Waals surface area (Å²) >= 11 is 0. The van der Waals surface area contributed by atoms with Crippen LogP contribution in [0.25, 0.3) is 0 Å². The van der Waals surface area contributed by atoms with Crippen LogP contribution in [0, 0.1) is 0 Å². The molecule has 0 aromatic heterocycles. The second-order valence-corrected chi connectivity index (χ2v) is 6.38. The third-order valence-electron chi connectivity index (χ3n) is 4.18. The van der Waals surface area contributed by atoms with Crippen molar-refractivity contribution in [1.82, 2.24) is 5.32 Å². The summed E-state index contributed by atoms with van der Waals surface area (Å²) in [4.78, 5) is 33.8. The first kappa shape index (κ1) is 19.7. The first-order valence-corrected chi connectivity index (χ1v) is 9.16. The monoisotopic (exact) mass is 325 g/mol. The van der Waals surface area contributed by atoms with Crippen LogP contribution in [0.5, 0.6) is 0 Å². The molecule has 0 spiro atoms. The number of nitrogens with one attached hydrogen (secondary N) is 1. The van der Waals surface area contributed by atoms with Gasteiger partial charge in [0.2, 0.25) is 5.91 Å². The van der Waals surface area contributed by atoms with Gasteiger partial charge in [-0.15, -0.1) is 0 Å². The van der Waals surface area contributed by atoms with Gasteiger partial charge in [-0.25, -0.2) is 0 Å². The lowest BCUT2D eigenvalue weighted by atomic mass is 10.1. The summed E-state index contributed by atoms with van der Waals surface area (Å²) in [5, 5.41) is 2.13. The molecular formula is C18H31NO4. The maximum Gasteiger partial charge on any atom is 0.306 e. The van der Waals surface area contributed by atoms with Crippen molar-refractivity contribution < 1.29 is 19.1 Å². The lowest BCUT2D eigenvalue weighted by molar-refractivity contribution is -0.154. The second-order valence-electron chi connectivity index (χ2n) is 6.38. The molecule has 5 heteroatoms. The number of carbonyl (C=O) groups excluding carboxylic acids is 3. The minimum absolute atomic E-state index is 0.0389. The topological polar surface area (TPSA) is 72.5 Å². The van der Waals surface area contributed by atoms with Gasteiger partial charge in [-0.05, 0) is 6.42 Å². The predicted molar refractivity (Wildman–Crippen MR) is 88.7 cm³/mol. The van der Waals surface area contributed by atoms with E-state index < -0.39 is 12.0 Å². The summed E-state index contributed by atoms with van der Waals surface area (Å²) in [6, 6.07) is 0. The SMILES string of the molecule is CCCCCCCCCCCCCC(=O)OC1CC(=O)NC1=O. The van der Waals surface area contributed by atoms with E-state index in [9.17, 15) is 14.4 Å². The number of unbranched alkanes of at least 4 members (excludes halogenated alkanes) is 10. The molecule has 2 amide bonds. The fourth-order valence-corrected chi connectivity index (χ4v) is 2.78. The van der Waals surface area contributed by atoms with Crippen molar-refractivity contribution in [2.45, 2.75) is 96.5 Å². The van der Waals surface area contributed by atoms with Crippen LogP contribution in [0.2, 0.25) is 0 Å². The number of hydrogen-bond donors (Lipinski definition) is 1. The summed E-state index contributed by atoms with van der Waals surface area (Å²) in [6.45, 7) is 2.23. The standard InChI is InChI=1S/C18H31NO4/c1-2-3-4-5-6-7-8-9-10-11-12-13-17(21)23-15-14-16(20)19-18(15)22/h15H,2-14H2,1H3,(H,19,20,22). The van der Waals surface area contributed by atoms with Gasteiger partial charge in [0.05, 0.1) is 6.42 Å². The van der Waals surface area contributed by atoms with Crippen LogP contribution in [0.15, 0.2) is 0 Å². The van der Waals surface area contributed by atoms with Gasteiger partial charge in [0.25, 0.3) is 5.91 Å². The number of imide groups is 1. The number of amides is 2. The largest absolute Gasteiger partial charge is 0.452 e. The summed E-state index contributed by atoms with van der Waals surface area (Å²) in [6.07, 6.45) is 12.9. The highest BCUT2D eigenvalue weighted by atomic mass is 16.5. The molecule has 0 saturated carbocycles. The first-order valence-electron chi connectivity index (χ1n) is 9.16. The Labute approximate surface area is 139 Å². The van der Waals surface area contributed by atoms with E-state index in [1.165, 1.54) is 51.4 Å². The van der Waals surface area contributed by atoms with Gasteiger partial charge in [0, 0.05) is 6.42 Å². The Balaban J connectivity index is 1.88. The quantitative estimate of drug-likeness (QED) is 0.319. The van der Waals surface area contributed by atoms with Gasteiger partial charge in [-0.2, -0.15) is 0 Å². The molecule has 1 aliphatic rings. The molecule has 0 aliphatic carbocycles. The molecule has 1 aliphatic heterocycles. The summed E-state index contributed by atoms with van der Waals surface area (Å²) < 4.78 is 5.01. The number of esters is 1. The molecule has 0 radical (unpaired) electrons. The van der Waals surface area contributed by atoms with E-state index in [1.54, 1.807) is 0 Å². The van der Waals surface area contributed by atoms with Gasteiger partial charge in [0.1, 0.15) is 0 Å². The van der Waals surface area contributed by atoms with Gasteiger partial charge in [-0.3, -0.25) is 19.7 Å². The van der Waals surface area contributed by atoms with Gasteiger partial charge >= 0.3 is 5.97 Å². The van der Waals surface area contributed by atoms with Crippen molar-refractivity contribution in [3.05, 3.63) is 0 Å². The third kappa shape index (κ3) is 9.36. The van der Waals surface area contributed by atoms with E-state index in [2.05, 4.69) is 12.2 Å². The Kier molecular flexibility index (Phi) is 10.3. The summed E-state index contributed by atoms with van der Waals surface area (Å²) in [5.74, 6) is -1.25. The zero-order valence-electron chi connectivity index (χ0n) is 14.4. The molecule has 0 aromatic carbocycles. The predicted octanol–water partition coefficient (Wildman–Crippen LogP) is 3.65. The van der Waals surface area contributed by atoms with Crippen LogP contribution in [0.3, 0.4) is 0 Å². The average molecular weight is 325 g/mol. The lowest BCUT2D eigenvalue weighted by Crippen LogP contribution is -2.28. The Morgan fingerprint density at radius 1 is 0.957 bits per heavy atom. The van der Waals surface area contributed by atoms with E-state index in [4.69, 9.17) is 4.74 Å². The maximum atomic E-state index is 11.6. The van der Waals surface area contributed by atoms with Crippen LogP contribution in [0.1, 0.15) is 90.4 Å². The molecule has 1 atom stereocenters. The van der Waals surface area contributed by atoms with Crippen molar-refractivity contribution in [3.63, 3.8) is 0 Å². The highest BCUT2D eigenvalue weighted by Crippen LogP contribution is 2.13. The number of ether oxygens (including phenoxy) is 1. The number of carbonyl (C=O) groups is 3. The van der Waals surface area contributed by atoms with Crippen LogP contribution in [-0.4, -0.2) is 23.9 Å². The summed E-state index contributed by atoms with van der Waals surface area (Å²) in [7, 11) is 0. The number of hydrogen-bond acceptors (Lipinski definition) is 4. The first-order chi connectivity index (χ1) is 11.1. The molecule has 1 N–H and O–H groups in total. The van der Waals surface area contributed by atoms with E-state index in [0.29, 0.717) is 6.42 Å². The molecule has 23 heavy (non-hydrogen) atoms. The molecule has 1 unspecified atom stereocenters. The molecular weight excluding hydrogens is 294 g/mol. The zero-order valence-corrected chi connectivity index (χ0v) is 14.4. The van der Waals surface area contributed by atoms with E-state index in [0.717, 1.165) is 19.3 Å². The van der Waals surface area contributed by atoms with Crippen LogP contribution >= 0.6 is 0 Å². The van der Waals surface area contributed by atoms with E-state index in [1.807, 2.05) is 0 Å². The fourth-order valence-electron chi connectivity index (χ4n) is 2.78. The van der Waals surface area contributed by atoms with Crippen molar-refractivity contribution in [2.24, 2.45) is 0 Å². The second kappa shape index (κ2) is 12.1. The Hall–Kier alpha value is -1.39. The van der Waals surface area contributed by atoms with Crippen molar-refractivity contribution in [2.75, 3.05) is 0 Å². The molecule has 1 heterocycles. The molecule has 5 nitrogen and oxygen atoms in total. The highest BCUT2D eigenvalue weighted by Gasteiger charge is 2.33. The third-order valence-corrected chi connectivity index (χ3v) is 4.18. The molecule has 1 saturated heterocycles. The van der Waals surface area contributed by atoms with Crippen molar-refractivity contribution in [1.29, 1.82) is 0 Å². The minimum Gasteiger partial charge on any atom is -0.452 e. The average Bonchev–Trinajstić information content (AvgIpc) is 2.82. The molecule has 0 aromatic rings. The maximum absolute atomic E-state index is 11.6. The Morgan fingerprint density at radius 3 is 1.96 bits per heavy atom. The summed E-state index contributed by atoms with van der Waals surface area (Å²) in [5.41, 5.74) is 0. The normalized spacial score (nSPS) is 17.3. The number of rotatable bonds is 13. The zero-order chi connectivity index (χ0) is 16.9. The highest BCUT2D eigenvalue weighted by molar-refractivity contribution is 6.05. The van der Waals surface area contributed by atoms with Crippen LogP contribution < -0.4 is 5.32 Å². The lowest BCUT2D eigenvalue weighted by Gasteiger charge is -2.08. The molecule has 0 bridgehead atoms. The minimum atomic E-state index is -0.914. The van der Waals surface area contributed by atoms with E-state index in [-0.39, 0.29) is 18.3 Å². The van der Waals surface area contributed by atoms with Gasteiger partial charge < -0.3 is 4.74 Å². The smallest absolute Gasteiger partial charge is 0.306 e. The van der Waals surface area contributed by atoms with Gasteiger partial charge in [-0.1, -0.05) is 71.1 Å². The molecule has 1 fully saturated rings. The van der Waals surface area contributed by atoms with Crippen LogP contribution in [-0.2, 0) is 19.1 Å². The molecule has 132 valence electrons. The van der Waals surface area contributed by atoms with Crippen molar-refractivity contribution in [3.8, 4) is 0 Å². The van der Waals surface area contributed by atoms with Crippen molar-refractivity contribution >= 4 is 17.8 Å².